The molecule has 2 N–H and O–H groups in total. The molecular formula is C19H23N3O. The maximum atomic E-state index is 13.0. The van der Waals surface area contributed by atoms with Gasteiger partial charge in [-0.15, -0.1) is 0 Å². The number of anilines is 1. The van der Waals surface area contributed by atoms with E-state index < -0.39 is 0 Å². The largest absolute Gasteiger partial charge is 0.376 e. The first-order valence-corrected chi connectivity index (χ1v) is 8.45. The lowest BCUT2D eigenvalue weighted by atomic mass is 9.84. The molecule has 0 saturated carbocycles. The van der Waals surface area contributed by atoms with Gasteiger partial charge < -0.3 is 15.2 Å². The molecule has 3 heterocycles. The number of fused-ring (bicyclic) bond motifs is 4. The van der Waals surface area contributed by atoms with E-state index in [9.17, 15) is 4.79 Å². The summed E-state index contributed by atoms with van der Waals surface area (Å²) in [4.78, 5) is 13.0. The Balaban J connectivity index is 1.66. The zero-order valence-corrected chi connectivity index (χ0v) is 13.5. The van der Waals surface area contributed by atoms with Crippen molar-refractivity contribution >= 4 is 5.69 Å². The summed E-state index contributed by atoms with van der Waals surface area (Å²) >= 11 is 0. The second-order valence-electron chi connectivity index (χ2n) is 6.84. The van der Waals surface area contributed by atoms with E-state index in [0.29, 0.717) is 18.4 Å². The first-order chi connectivity index (χ1) is 11.2. The van der Waals surface area contributed by atoms with Gasteiger partial charge >= 0.3 is 0 Å². The number of piperidine rings is 1. The summed E-state index contributed by atoms with van der Waals surface area (Å²) in [5, 5.41) is 6.86. The van der Waals surface area contributed by atoms with Gasteiger partial charge in [0.05, 0.1) is 0 Å². The lowest BCUT2D eigenvalue weighted by Gasteiger charge is -2.38. The fourth-order valence-corrected chi connectivity index (χ4v) is 3.97. The molecule has 120 valence electrons. The van der Waals surface area contributed by atoms with Gasteiger partial charge in [-0.25, -0.2) is 0 Å². The highest BCUT2D eigenvalue weighted by Gasteiger charge is 2.31. The Morgan fingerprint density at radius 1 is 1.26 bits per heavy atom. The SMILES string of the molecule is Cc1cc2n(c(=O)c1NCc1ccccc1)CC1CNCC2C1. The second-order valence-corrected chi connectivity index (χ2v) is 6.84. The number of aromatic nitrogens is 1. The van der Waals surface area contributed by atoms with Gasteiger partial charge in [0, 0.05) is 31.2 Å². The van der Waals surface area contributed by atoms with Crippen LogP contribution < -0.4 is 16.2 Å². The maximum Gasteiger partial charge on any atom is 0.274 e. The number of benzene rings is 1. The van der Waals surface area contributed by atoms with Crippen LogP contribution in [0.25, 0.3) is 0 Å². The minimum absolute atomic E-state index is 0.146. The average molecular weight is 309 g/mol. The summed E-state index contributed by atoms with van der Waals surface area (Å²) in [6.07, 6.45) is 1.21. The van der Waals surface area contributed by atoms with Gasteiger partial charge in [-0.1, -0.05) is 30.3 Å². The van der Waals surface area contributed by atoms with Crippen molar-refractivity contribution in [1.82, 2.24) is 9.88 Å². The maximum absolute atomic E-state index is 13.0. The Bertz CT molecular complexity index is 766. The van der Waals surface area contributed by atoms with Crippen LogP contribution in [0, 0.1) is 12.8 Å². The quantitative estimate of drug-likeness (QED) is 0.915. The third-order valence-electron chi connectivity index (χ3n) is 5.14. The molecule has 0 radical (unpaired) electrons. The summed E-state index contributed by atoms with van der Waals surface area (Å²) in [5.74, 6) is 1.07. The van der Waals surface area contributed by atoms with Crippen LogP contribution in [0.3, 0.4) is 0 Å². The second kappa shape index (κ2) is 5.85. The Morgan fingerprint density at radius 2 is 2.09 bits per heavy atom. The molecule has 1 aromatic carbocycles. The molecule has 4 rings (SSSR count). The van der Waals surface area contributed by atoms with Crippen LogP contribution in [0.1, 0.15) is 29.2 Å². The topological polar surface area (TPSA) is 46.1 Å². The normalized spacial score (nSPS) is 22.5. The smallest absolute Gasteiger partial charge is 0.274 e. The molecule has 4 heteroatoms. The molecule has 2 aliphatic heterocycles. The first-order valence-electron chi connectivity index (χ1n) is 8.45. The Kier molecular flexibility index (Phi) is 3.69. The van der Waals surface area contributed by atoms with Crippen LogP contribution in [0.2, 0.25) is 0 Å². The molecule has 2 unspecified atom stereocenters. The van der Waals surface area contributed by atoms with E-state index in [1.807, 2.05) is 29.7 Å². The van der Waals surface area contributed by atoms with Crippen LogP contribution in [0.5, 0.6) is 0 Å². The number of nitrogens with zero attached hydrogens (tertiary/aromatic N) is 1. The molecule has 0 aliphatic carbocycles. The number of aryl methyl sites for hydroxylation is 1. The highest BCUT2D eigenvalue weighted by molar-refractivity contribution is 5.51. The van der Waals surface area contributed by atoms with Gasteiger partial charge in [0.15, 0.2) is 0 Å². The first kappa shape index (κ1) is 14.5. The van der Waals surface area contributed by atoms with Crippen LogP contribution in [0.4, 0.5) is 5.69 Å². The molecule has 0 spiro atoms. The Morgan fingerprint density at radius 3 is 2.91 bits per heavy atom. The van der Waals surface area contributed by atoms with E-state index >= 15 is 0 Å². The van der Waals surface area contributed by atoms with Crippen molar-refractivity contribution in [2.75, 3.05) is 18.4 Å². The highest BCUT2D eigenvalue weighted by Crippen LogP contribution is 2.33. The van der Waals surface area contributed by atoms with Crippen molar-refractivity contribution in [3.8, 4) is 0 Å². The summed E-state index contributed by atoms with van der Waals surface area (Å²) in [6.45, 7) is 5.59. The molecule has 0 amide bonds. The van der Waals surface area contributed by atoms with Crippen molar-refractivity contribution < 1.29 is 0 Å². The summed E-state index contributed by atoms with van der Waals surface area (Å²) < 4.78 is 2.01. The van der Waals surface area contributed by atoms with E-state index in [-0.39, 0.29) is 5.56 Å². The third kappa shape index (κ3) is 2.68. The fraction of sp³-hybridized carbons (Fsp3) is 0.421. The van der Waals surface area contributed by atoms with Crippen LogP contribution in [0.15, 0.2) is 41.2 Å². The van der Waals surface area contributed by atoms with Crippen LogP contribution in [-0.4, -0.2) is 17.7 Å². The monoisotopic (exact) mass is 309 g/mol. The van der Waals surface area contributed by atoms with E-state index in [1.54, 1.807) is 0 Å². The van der Waals surface area contributed by atoms with E-state index in [1.165, 1.54) is 17.7 Å². The van der Waals surface area contributed by atoms with Gasteiger partial charge in [0.25, 0.3) is 5.56 Å². The molecule has 1 saturated heterocycles. The molecule has 4 nitrogen and oxygen atoms in total. The minimum atomic E-state index is 0.146. The van der Waals surface area contributed by atoms with Gasteiger partial charge in [-0.3, -0.25) is 4.79 Å². The molecule has 2 bridgehead atoms. The summed E-state index contributed by atoms with van der Waals surface area (Å²) in [5.41, 5.74) is 4.36. The number of hydrogen-bond donors (Lipinski definition) is 2. The molecule has 2 aromatic rings. The zero-order chi connectivity index (χ0) is 15.8. The van der Waals surface area contributed by atoms with Gasteiger partial charge in [0.1, 0.15) is 5.69 Å². The number of hydrogen-bond acceptors (Lipinski definition) is 3. The molecule has 2 atom stereocenters. The minimum Gasteiger partial charge on any atom is -0.376 e. The highest BCUT2D eigenvalue weighted by atomic mass is 16.1. The van der Waals surface area contributed by atoms with Crippen molar-refractivity contribution in [1.29, 1.82) is 0 Å². The van der Waals surface area contributed by atoms with Crippen molar-refractivity contribution in [3.05, 3.63) is 63.6 Å². The standard InChI is InChI=1S/C19H23N3O/c1-13-7-17-16-8-15(9-20-11-16)12-22(17)19(23)18(13)21-10-14-5-3-2-4-6-14/h2-7,15-16,20-21H,8-12H2,1H3. The zero-order valence-electron chi connectivity index (χ0n) is 13.5. The van der Waals surface area contributed by atoms with E-state index in [0.717, 1.165) is 30.9 Å². The predicted octanol–water partition coefficient (Wildman–Crippen LogP) is 2.48. The lowest BCUT2D eigenvalue weighted by molar-refractivity contribution is 0.257. The predicted molar refractivity (Wildman–Crippen MR) is 92.9 cm³/mol. The van der Waals surface area contributed by atoms with Gasteiger partial charge in [0.2, 0.25) is 0 Å². The summed E-state index contributed by atoms with van der Waals surface area (Å²) in [7, 11) is 0. The molecule has 1 fully saturated rings. The van der Waals surface area contributed by atoms with Crippen molar-refractivity contribution in [2.45, 2.75) is 32.4 Å². The van der Waals surface area contributed by atoms with Crippen molar-refractivity contribution in [3.63, 3.8) is 0 Å². The average Bonchev–Trinajstić information content (AvgIpc) is 2.57. The van der Waals surface area contributed by atoms with Gasteiger partial charge in [-0.05, 0) is 43.0 Å². The third-order valence-corrected chi connectivity index (χ3v) is 5.14. The number of rotatable bonds is 3. The van der Waals surface area contributed by atoms with E-state index in [4.69, 9.17) is 0 Å². The lowest BCUT2D eigenvalue weighted by Crippen LogP contribution is -2.45. The fourth-order valence-electron chi connectivity index (χ4n) is 3.97. The molecular weight excluding hydrogens is 286 g/mol. The Hall–Kier alpha value is -2.07. The van der Waals surface area contributed by atoms with Gasteiger partial charge in [-0.2, -0.15) is 0 Å². The van der Waals surface area contributed by atoms with E-state index in [2.05, 4.69) is 28.8 Å². The number of nitrogens with one attached hydrogen (secondary N) is 2. The molecule has 2 aliphatic rings. The Labute approximate surface area is 136 Å². The van der Waals surface area contributed by atoms with Crippen molar-refractivity contribution in [2.24, 2.45) is 5.92 Å². The van der Waals surface area contributed by atoms with Crippen LogP contribution in [-0.2, 0) is 13.1 Å². The number of pyridine rings is 1. The molecule has 23 heavy (non-hydrogen) atoms. The summed E-state index contributed by atoms with van der Waals surface area (Å²) in [6, 6.07) is 12.4. The van der Waals surface area contributed by atoms with Crippen LogP contribution >= 0.6 is 0 Å². The molecule has 1 aromatic heterocycles.